The first-order valence-electron chi connectivity index (χ1n) is 7.37. The second-order valence-corrected chi connectivity index (χ2v) is 5.18. The number of methoxy groups -OCH3 is 1. The molecule has 18 heavy (non-hydrogen) atoms. The van der Waals surface area contributed by atoms with E-state index in [0.29, 0.717) is 12.1 Å². The molecule has 0 spiro atoms. The van der Waals surface area contributed by atoms with E-state index in [4.69, 9.17) is 9.47 Å². The zero-order chi connectivity index (χ0) is 13.1. The van der Waals surface area contributed by atoms with Gasteiger partial charge in [0.2, 0.25) is 0 Å². The van der Waals surface area contributed by atoms with Crippen LogP contribution < -0.4 is 10.6 Å². The van der Waals surface area contributed by atoms with Crippen LogP contribution in [0.4, 0.5) is 0 Å². The van der Waals surface area contributed by atoms with Crippen molar-refractivity contribution in [3.8, 4) is 0 Å². The summed E-state index contributed by atoms with van der Waals surface area (Å²) < 4.78 is 10.7. The SMILES string of the molecule is COCCNCC(C)NCCCC1CCCCO1. The van der Waals surface area contributed by atoms with Crippen LogP contribution in [0.2, 0.25) is 0 Å². The highest BCUT2D eigenvalue weighted by atomic mass is 16.5. The summed E-state index contributed by atoms with van der Waals surface area (Å²) in [6.07, 6.45) is 6.80. The number of nitrogens with one attached hydrogen (secondary N) is 2. The van der Waals surface area contributed by atoms with Crippen LogP contribution >= 0.6 is 0 Å². The van der Waals surface area contributed by atoms with Crippen molar-refractivity contribution in [2.45, 2.75) is 51.2 Å². The van der Waals surface area contributed by atoms with E-state index in [0.717, 1.165) is 32.8 Å². The fraction of sp³-hybridized carbons (Fsp3) is 1.00. The van der Waals surface area contributed by atoms with Gasteiger partial charge in [-0.25, -0.2) is 0 Å². The molecule has 2 atom stereocenters. The van der Waals surface area contributed by atoms with Crippen LogP contribution in [0.25, 0.3) is 0 Å². The van der Waals surface area contributed by atoms with Gasteiger partial charge >= 0.3 is 0 Å². The Kier molecular flexibility index (Phi) is 9.48. The summed E-state index contributed by atoms with van der Waals surface area (Å²) in [5, 5.41) is 6.90. The molecule has 4 heteroatoms. The highest BCUT2D eigenvalue weighted by Crippen LogP contribution is 2.16. The Balaban J connectivity index is 1.86. The van der Waals surface area contributed by atoms with Gasteiger partial charge in [0.15, 0.2) is 0 Å². The average molecular weight is 258 g/mol. The molecule has 0 aromatic rings. The quantitative estimate of drug-likeness (QED) is 0.584. The summed E-state index contributed by atoms with van der Waals surface area (Å²) in [5.74, 6) is 0. The average Bonchev–Trinajstić information content (AvgIpc) is 2.41. The first-order valence-corrected chi connectivity index (χ1v) is 7.37. The maximum atomic E-state index is 5.72. The van der Waals surface area contributed by atoms with Crippen LogP contribution in [0.1, 0.15) is 39.0 Å². The molecule has 1 aliphatic rings. The second-order valence-electron chi connectivity index (χ2n) is 5.18. The van der Waals surface area contributed by atoms with E-state index in [-0.39, 0.29) is 0 Å². The Morgan fingerprint density at radius 2 is 2.22 bits per heavy atom. The van der Waals surface area contributed by atoms with Gasteiger partial charge in [0.25, 0.3) is 0 Å². The maximum Gasteiger partial charge on any atom is 0.0587 e. The van der Waals surface area contributed by atoms with Gasteiger partial charge in [-0.05, 0) is 45.6 Å². The number of rotatable bonds is 10. The number of hydrogen-bond donors (Lipinski definition) is 2. The molecule has 0 aliphatic carbocycles. The molecule has 0 aromatic carbocycles. The van der Waals surface area contributed by atoms with E-state index in [1.54, 1.807) is 7.11 Å². The van der Waals surface area contributed by atoms with Gasteiger partial charge < -0.3 is 20.1 Å². The van der Waals surface area contributed by atoms with Crippen molar-refractivity contribution in [2.24, 2.45) is 0 Å². The molecule has 1 rings (SSSR count). The van der Waals surface area contributed by atoms with Crippen LogP contribution in [0.3, 0.4) is 0 Å². The molecule has 1 heterocycles. The van der Waals surface area contributed by atoms with E-state index >= 15 is 0 Å². The predicted molar refractivity (Wildman–Crippen MR) is 75.0 cm³/mol. The Hall–Kier alpha value is -0.160. The van der Waals surface area contributed by atoms with Crippen molar-refractivity contribution in [1.82, 2.24) is 10.6 Å². The predicted octanol–water partition coefficient (Wildman–Crippen LogP) is 1.55. The lowest BCUT2D eigenvalue weighted by Crippen LogP contribution is -2.38. The first-order chi connectivity index (χ1) is 8.83. The zero-order valence-corrected chi connectivity index (χ0v) is 12.0. The second kappa shape index (κ2) is 10.7. The molecule has 1 fully saturated rings. The fourth-order valence-electron chi connectivity index (χ4n) is 2.28. The summed E-state index contributed by atoms with van der Waals surface area (Å²) in [6, 6.07) is 0.522. The van der Waals surface area contributed by atoms with Crippen LogP contribution in [0.15, 0.2) is 0 Å². The topological polar surface area (TPSA) is 42.5 Å². The lowest BCUT2D eigenvalue weighted by atomic mass is 10.0. The molecule has 0 bridgehead atoms. The summed E-state index contributed by atoms with van der Waals surface area (Å²) in [4.78, 5) is 0. The molecule has 2 N–H and O–H groups in total. The summed E-state index contributed by atoms with van der Waals surface area (Å²) in [7, 11) is 1.73. The van der Waals surface area contributed by atoms with Gasteiger partial charge in [-0.2, -0.15) is 0 Å². The fourth-order valence-corrected chi connectivity index (χ4v) is 2.28. The van der Waals surface area contributed by atoms with Crippen molar-refractivity contribution < 1.29 is 9.47 Å². The normalized spacial score (nSPS) is 22.0. The molecule has 0 saturated carbocycles. The van der Waals surface area contributed by atoms with E-state index in [1.165, 1.54) is 32.1 Å². The minimum atomic E-state index is 0.522. The minimum Gasteiger partial charge on any atom is -0.383 e. The van der Waals surface area contributed by atoms with E-state index in [2.05, 4.69) is 17.6 Å². The Morgan fingerprint density at radius 1 is 1.33 bits per heavy atom. The lowest BCUT2D eigenvalue weighted by molar-refractivity contribution is 0.0101. The molecule has 0 aromatic heterocycles. The van der Waals surface area contributed by atoms with Gasteiger partial charge in [-0.15, -0.1) is 0 Å². The summed E-state index contributed by atoms with van der Waals surface area (Å²) in [6.45, 7) is 7.00. The monoisotopic (exact) mass is 258 g/mol. The van der Waals surface area contributed by atoms with Crippen molar-refractivity contribution in [2.75, 3.05) is 40.0 Å². The summed E-state index contributed by atoms with van der Waals surface area (Å²) in [5.41, 5.74) is 0. The third-order valence-electron chi connectivity index (χ3n) is 3.40. The molecule has 1 aliphatic heterocycles. The highest BCUT2D eigenvalue weighted by molar-refractivity contribution is 4.67. The third-order valence-corrected chi connectivity index (χ3v) is 3.40. The van der Waals surface area contributed by atoms with Crippen molar-refractivity contribution in [3.05, 3.63) is 0 Å². The van der Waals surface area contributed by atoms with Gasteiger partial charge in [0, 0.05) is 32.8 Å². The minimum absolute atomic E-state index is 0.522. The van der Waals surface area contributed by atoms with Crippen LogP contribution in [0.5, 0.6) is 0 Å². The lowest BCUT2D eigenvalue weighted by Gasteiger charge is -2.23. The number of hydrogen-bond acceptors (Lipinski definition) is 4. The Bertz CT molecular complexity index is 185. The van der Waals surface area contributed by atoms with Gasteiger partial charge in [-0.3, -0.25) is 0 Å². The number of ether oxygens (including phenoxy) is 2. The molecule has 2 unspecified atom stereocenters. The maximum absolute atomic E-state index is 5.72. The Morgan fingerprint density at radius 3 is 2.94 bits per heavy atom. The molecule has 1 saturated heterocycles. The van der Waals surface area contributed by atoms with Crippen molar-refractivity contribution in [3.63, 3.8) is 0 Å². The van der Waals surface area contributed by atoms with E-state index in [1.807, 2.05) is 0 Å². The van der Waals surface area contributed by atoms with E-state index in [9.17, 15) is 0 Å². The molecular formula is C14H30N2O2. The smallest absolute Gasteiger partial charge is 0.0587 e. The van der Waals surface area contributed by atoms with Crippen LogP contribution in [-0.2, 0) is 9.47 Å². The van der Waals surface area contributed by atoms with Gasteiger partial charge in [-0.1, -0.05) is 0 Å². The Labute approximate surface area is 112 Å². The first kappa shape index (κ1) is 15.9. The highest BCUT2D eigenvalue weighted by Gasteiger charge is 2.12. The summed E-state index contributed by atoms with van der Waals surface area (Å²) >= 11 is 0. The third kappa shape index (κ3) is 8.03. The molecule has 0 radical (unpaired) electrons. The van der Waals surface area contributed by atoms with Gasteiger partial charge in [0.05, 0.1) is 12.7 Å². The van der Waals surface area contributed by atoms with Gasteiger partial charge in [0.1, 0.15) is 0 Å². The molecular weight excluding hydrogens is 228 g/mol. The van der Waals surface area contributed by atoms with Crippen molar-refractivity contribution >= 4 is 0 Å². The molecule has 108 valence electrons. The molecule has 4 nitrogen and oxygen atoms in total. The van der Waals surface area contributed by atoms with Crippen molar-refractivity contribution in [1.29, 1.82) is 0 Å². The van der Waals surface area contributed by atoms with E-state index < -0.39 is 0 Å². The zero-order valence-electron chi connectivity index (χ0n) is 12.0. The largest absolute Gasteiger partial charge is 0.383 e. The standard InChI is InChI=1S/C14H30N2O2/c1-13(12-15-9-11-17-2)16-8-5-7-14-6-3-4-10-18-14/h13-16H,3-12H2,1-2H3. The van der Waals surface area contributed by atoms with Crippen LogP contribution in [-0.4, -0.2) is 52.1 Å². The van der Waals surface area contributed by atoms with Crippen LogP contribution in [0, 0.1) is 0 Å². The molecule has 0 amide bonds.